The molecule has 1 aliphatic rings. The van der Waals surface area contributed by atoms with Gasteiger partial charge in [0.15, 0.2) is 5.96 Å². The zero-order valence-corrected chi connectivity index (χ0v) is 11.5. The van der Waals surface area contributed by atoms with E-state index in [1.54, 1.807) is 6.26 Å². The van der Waals surface area contributed by atoms with Crippen LogP contribution in [0.5, 0.6) is 0 Å². The molecule has 102 valence electrons. The number of hydrogen-bond acceptors (Lipinski definition) is 2. The van der Waals surface area contributed by atoms with Gasteiger partial charge >= 0.3 is 0 Å². The maximum atomic E-state index is 5.89. The molecule has 4 nitrogen and oxygen atoms in total. The molecular weight excluding hydrogens is 238 g/mol. The Kier molecular flexibility index (Phi) is 4.44. The molecule has 0 aliphatic carbocycles. The molecule has 0 saturated carbocycles. The molecule has 1 atom stereocenters. The van der Waals surface area contributed by atoms with Crippen LogP contribution in [0.1, 0.15) is 24.0 Å². The van der Waals surface area contributed by atoms with Crippen LogP contribution in [-0.2, 0) is 4.74 Å². The molecule has 1 unspecified atom stereocenters. The third-order valence-corrected chi connectivity index (χ3v) is 2.98. The molecule has 2 rings (SSSR count). The average Bonchev–Trinajstić information content (AvgIpc) is 2.36. The van der Waals surface area contributed by atoms with Crippen LogP contribution in [-0.4, -0.2) is 18.6 Å². The van der Waals surface area contributed by atoms with E-state index in [1.165, 1.54) is 11.1 Å². The fraction of sp³-hybridized carbons (Fsp3) is 0.400. The van der Waals surface area contributed by atoms with Crippen molar-refractivity contribution in [1.82, 2.24) is 0 Å². The smallest absolute Gasteiger partial charge is 0.193 e. The molecule has 0 spiro atoms. The molecule has 1 heterocycles. The highest BCUT2D eigenvalue weighted by molar-refractivity contribution is 5.92. The summed E-state index contributed by atoms with van der Waals surface area (Å²) in [6, 6.07) is 6.23. The number of nitrogens with zero attached hydrogens (tertiary/aromatic N) is 1. The minimum Gasteiger partial charge on any atom is -0.496 e. The topological polar surface area (TPSA) is 59.6 Å². The number of aryl methyl sites for hydroxylation is 2. The number of anilines is 1. The first-order valence-corrected chi connectivity index (χ1v) is 6.59. The van der Waals surface area contributed by atoms with Gasteiger partial charge in [-0.05, 0) is 56.0 Å². The van der Waals surface area contributed by atoms with E-state index >= 15 is 0 Å². The van der Waals surface area contributed by atoms with Crippen LogP contribution < -0.4 is 11.1 Å². The van der Waals surface area contributed by atoms with Crippen molar-refractivity contribution in [3.8, 4) is 0 Å². The Bertz CT molecular complexity index is 474. The number of benzene rings is 1. The summed E-state index contributed by atoms with van der Waals surface area (Å²) in [5, 5.41) is 3.12. The fourth-order valence-electron chi connectivity index (χ4n) is 2.15. The monoisotopic (exact) mass is 259 g/mol. The highest BCUT2D eigenvalue weighted by Gasteiger charge is 2.09. The first-order chi connectivity index (χ1) is 9.13. The van der Waals surface area contributed by atoms with E-state index in [4.69, 9.17) is 10.5 Å². The molecule has 0 saturated heterocycles. The molecule has 0 bridgehead atoms. The van der Waals surface area contributed by atoms with Gasteiger partial charge in [-0.2, -0.15) is 0 Å². The van der Waals surface area contributed by atoms with Crippen molar-refractivity contribution in [3.63, 3.8) is 0 Å². The predicted molar refractivity (Wildman–Crippen MR) is 79.3 cm³/mol. The summed E-state index contributed by atoms with van der Waals surface area (Å²) in [5.41, 5.74) is 9.27. The number of aliphatic imine (C=N–C) groups is 1. The van der Waals surface area contributed by atoms with Crippen molar-refractivity contribution >= 4 is 11.6 Å². The maximum absolute atomic E-state index is 5.89. The number of allylic oxidation sites excluding steroid dienone is 1. The summed E-state index contributed by atoms with van der Waals surface area (Å²) in [7, 11) is 0. The summed E-state index contributed by atoms with van der Waals surface area (Å²) in [4.78, 5) is 4.33. The number of ether oxygens (including phenoxy) is 1. The predicted octanol–water partition coefficient (Wildman–Crippen LogP) is 2.72. The van der Waals surface area contributed by atoms with E-state index in [9.17, 15) is 0 Å². The Labute approximate surface area is 114 Å². The second-order valence-electron chi connectivity index (χ2n) is 4.93. The summed E-state index contributed by atoms with van der Waals surface area (Å²) in [5.74, 6) is 0.433. The molecule has 3 N–H and O–H groups in total. The Hall–Kier alpha value is -1.97. The number of nitrogens with one attached hydrogen (secondary N) is 1. The first-order valence-electron chi connectivity index (χ1n) is 6.59. The van der Waals surface area contributed by atoms with E-state index in [-0.39, 0.29) is 6.10 Å². The molecule has 0 radical (unpaired) electrons. The van der Waals surface area contributed by atoms with Crippen molar-refractivity contribution in [3.05, 3.63) is 41.7 Å². The Morgan fingerprint density at radius 2 is 2.11 bits per heavy atom. The first kappa shape index (κ1) is 13.5. The van der Waals surface area contributed by atoms with Gasteiger partial charge in [0.2, 0.25) is 0 Å². The zero-order valence-electron chi connectivity index (χ0n) is 11.5. The van der Waals surface area contributed by atoms with Crippen molar-refractivity contribution in [2.75, 3.05) is 11.9 Å². The highest BCUT2D eigenvalue weighted by Crippen LogP contribution is 2.14. The highest BCUT2D eigenvalue weighted by atomic mass is 16.5. The summed E-state index contributed by atoms with van der Waals surface area (Å²) < 4.78 is 5.45. The molecule has 0 amide bonds. The van der Waals surface area contributed by atoms with Gasteiger partial charge in [0, 0.05) is 5.69 Å². The van der Waals surface area contributed by atoms with Crippen LogP contribution in [0.2, 0.25) is 0 Å². The zero-order chi connectivity index (χ0) is 13.7. The average molecular weight is 259 g/mol. The lowest BCUT2D eigenvalue weighted by Gasteiger charge is -2.17. The standard InChI is InChI=1S/C15H21N3O/c1-11-7-12(2)9-13(8-11)18-15(16)17-10-14-5-3-4-6-19-14/h4,6-9,14H,3,5,10H2,1-2H3,(H3,16,17,18). The molecule has 4 heteroatoms. The molecule has 1 aliphatic heterocycles. The second kappa shape index (κ2) is 6.27. The largest absolute Gasteiger partial charge is 0.496 e. The van der Waals surface area contributed by atoms with Crippen LogP contribution in [0.4, 0.5) is 5.69 Å². The van der Waals surface area contributed by atoms with Gasteiger partial charge in [-0.15, -0.1) is 0 Å². The SMILES string of the molecule is Cc1cc(C)cc(NC(N)=NCC2CCC=CO2)c1. The summed E-state index contributed by atoms with van der Waals surface area (Å²) in [6.45, 7) is 4.72. The van der Waals surface area contributed by atoms with Gasteiger partial charge in [-0.25, -0.2) is 4.99 Å². The van der Waals surface area contributed by atoms with E-state index in [0.717, 1.165) is 18.5 Å². The van der Waals surface area contributed by atoms with Gasteiger partial charge in [0.25, 0.3) is 0 Å². The van der Waals surface area contributed by atoms with Crippen LogP contribution in [0, 0.1) is 13.8 Å². The van der Waals surface area contributed by atoms with Crippen LogP contribution in [0.15, 0.2) is 35.5 Å². The molecule has 1 aromatic rings. The fourth-order valence-corrected chi connectivity index (χ4v) is 2.15. The van der Waals surface area contributed by atoms with Crippen molar-refractivity contribution in [1.29, 1.82) is 0 Å². The molecule has 1 aromatic carbocycles. The van der Waals surface area contributed by atoms with Crippen molar-refractivity contribution in [2.45, 2.75) is 32.8 Å². The minimum atomic E-state index is 0.143. The number of hydrogen-bond donors (Lipinski definition) is 2. The number of rotatable bonds is 3. The van der Waals surface area contributed by atoms with Gasteiger partial charge in [-0.3, -0.25) is 0 Å². The van der Waals surface area contributed by atoms with Gasteiger partial charge < -0.3 is 15.8 Å². The van der Waals surface area contributed by atoms with Gasteiger partial charge in [0.1, 0.15) is 6.10 Å². The quantitative estimate of drug-likeness (QED) is 0.648. The number of nitrogens with two attached hydrogens (primary N) is 1. The molecule has 19 heavy (non-hydrogen) atoms. The Balaban J connectivity index is 1.92. The van der Waals surface area contributed by atoms with Crippen molar-refractivity contribution in [2.24, 2.45) is 10.7 Å². The lowest BCUT2D eigenvalue weighted by Crippen LogP contribution is -2.25. The van der Waals surface area contributed by atoms with Gasteiger partial charge in [0.05, 0.1) is 12.8 Å². The van der Waals surface area contributed by atoms with Crippen LogP contribution in [0.3, 0.4) is 0 Å². The lowest BCUT2D eigenvalue weighted by atomic mass is 10.1. The van der Waals surface area contributed by atoms with E-state index in [2.05, 4.69) is 42.4 Å². The van der Waals surface area contributed by atoms with Crippen molar-refractivity contribution < 1.29 is 4.74 Å². The van der Waals surface area contributed by atoms with E-state index in [0.29, 0.717) is 12.5 Å². The Morgan fingerprint density at radius 1 is 1.37 bits per heavy atom. The lowest BCUT2D eigenvalue weighted by molar-refractivity contribution is 0.131. The molecule has 0 fully saturated rings. The minimum absolute atomic E-state index is 0.143. The summed E-state index contributed by atoms with van der Waals surface area (Å²) >= 11 is 0. The molecule has 0 aromatic heterocycles. The van der Waals surface area contributed by atoms with Crippen LogP contribution >= 0.6 is 0 Å². The van der Waals surface area contributed by atoms with Gasteiger partial charge in [-0.1, -0.05) is 6.07 Å². The third kappa shape index (κ3) is 4.32. The molecular formula is C15H21N3O. The normalized spacial score (nSPS) is 19.1. The second-order valence-corrected chi connectivity index (χ2v) is 4.93. The van der Waals surface area contributed by atoms with Crippen LogP contribution in [0.25, 0.3) is 0 Å². The maximum Gasteiger partial charge on any atom is 0.193 e. The Morgan fingerprint density at radius 3 is 2.74 bits per heavy atom. The van der Waals surface area contributed by atoms with E-state index < -0.39 is 0 Å². The number of guanidine groups is 1. The van der Waals surface area contributed by atoms with E-state index in [1.807, 2.05) is 6.08 Å². The third-order valence-electron chi connectivity index (χ3n) is 2.98. The summed E-state index contributed by atoms with van der Waals surface area (Å²) in [6.07, 6.45) is 5.96.